The molecule has 0 unspecified atom stereocenters. The highest BCUT2D eigenvalue weighted by atomic mass is 32.2. The number of nitrogens with zero attached hydrogens (tertiary/aromatic N) is 2. The number of carbonyl (C=O) groups excluding carboxylic acids is 3. The van der Waals surface area contributed by atoms with Crippen molar-refractivity contribution >= 4 is 39.7 Å². The maximum absolute atomic E-state index is 12.4. The smallest absolute Gasteiger partial charge is 0.288 e. The highest BCUT2D eigenvalue weighted by Crippen LogP contribution is 2.22. The number of methoxy groups -OCH3 is 1. The number of aryl methyl sites for hydroxylation is 1. The lowest BCUT2D eigenvalue weighted by atomic mass is 10.1. The molecule has 1 saturated heterocycles. The lowest BCUT2D eigenvalue weighted by Crippen LogP contribution is -2.37. The van der Waals surface area contributed by atoms with Crippen molar-refractivity contribution in [3.63, 3.8) is 0 Å². The molecule has 0 bridgehead atoms. The molecule has 2 heterocycles. The van der Waals surface area contributed by atoms with E-state index in [-0.39, 0.29) is 35.9 Å². The van der Waals surface area contributed by atoms with Gasteiger partial charge in [-0.3, -0.25) is 24.3 Å². The zero-order valence-electron chi connectivity index (χ0n) is 13.9. The fourth-order valence-electron chi connectivity index (χ4n) is 2.57. The summed E-state index contributed by atoms with van der Waals surface area (Å²) in [6.07, 6.45) is 0. The Balaban J connectivity index is 1.70. The summed E-state index contributed by atoms with van der Waals surface area (Å²) in [6.45, 7) is 2.14. The standard InChI is InChI=1S/C17H17N3O4S/c1-10-13(7-11-3-4-12(24-2)8-14(11)19-10)16(22)18-5-6-20-15(21)9-25-17(20)23/h3-4,7-8H,5-6,9H2,1-2H3,(H,18,22). The number of hydrogen-bond donors (Lipinski definition) is 1. The van der Waals surface area contributed by atoms with Gasteiger partial charge in [0.05, 0.1) is 29.6 Å². The number of ether oxygens (including phenoxy) is 1. The Morgan fingerprint density at radius 2 is 2.16 bits per heavy atom. The van der Waals surface area contributed by atoms with Crippen LogP contribution in [0.25, 0.3) is 10.9 Å². The minimum absolute atomic E-state index is 0.171. The first-order chi connectivity index (χ1) is 12.0. The molecule has 0 spiro atoms. The number of nitrogens with one attached hydrogen (secondary N) is 1. The molecule has 1 aliphatic rings. The fourth-order valence-corrected chi connectivity index (χ4v) is 3.33. The average Bonchev–Trinajstić information content (AvgIpc) is 2.92. The van der Waals surface area contributed by atoms with Crippen molar-refractivity contribution in [3.05, 3.63) is 35.5 Å². The van der Waals surface area contributed by atoms with Crippen LogP contribution < -0.4 is 10.1 Å². The third kappa shape index (κ3) is 3.58. The number of pyridine rings is 1. The number of fused-ring (bicyclic) bond motifs is 1. The Hall–Kier alpha value is -2.61. The molecule has 25 heavy (non-hydrogen) atoms. The van der Waals surface area contributed by atoms with E-state index >= 15 is 0 Å². The number of benzene rings is 1. The number of aromatic nitrogens is 1. The van der Waals surface area contributed by atoms with Gasteiger partial charge in [-0.2, -0.15) is 0 Å². The summed E-state index contributed by atoms with van der Waals surface area (Å²) in [7, 11) is 1.59. The van der Waals surface area contributed by atoms with Crippen LogP contribution in [0.5, 0.6) is 5.75 Å². The predicted molar refractivity (Wildman–Crippen MR) is 94.9 cm³/mol. The molecule has 7 nitrogen and oxygen atoms in total. The minimum Gasteiger partial charge on any atom is -0.497 e. The van der Waals surface area contributed by atoms with E-state index in [0.717, 1.165) is 27.6 Å². The molecule has 1 aromatic heterocycles. The van der Waals surface area contributed by atoms with Gasteiger partial charge in [0.2, 0.25) is 5.91 Å². The lowest BCUT2D eigenvalue weighted by Gasteiger charge is -2.14. The van der Waals surface area contributed by atoms with Crippen LogP contribution in [0.1, 0.15) is 16.1 Å². The van der Waals surface area contributed by atoms with Gasteiger partial charge in [-0.15, -0.1) is 0 Å². The zero-order valence-corrected chi connectivity index (χ0v) is 14.7. The molecule has 8 heteroatoms. The van der Waals surface area contributed by atoms with Crippen LogP contribution in [-0.2, 0) is 4.79 Å². The van der Waals surface area contributed by atoms with E-state index in [4.69, 9.17) is 4.74 Å². The second-order valence-corrected chi connectivity index (χ2v) is 6.46. The van der Waals surface area contributed by atoms with Gasteiger partial charge < -0.3 is 10.1 Å². The zero-order chi connectivity index (χ0) is 18.0. The first-order valence-electron chi connectivity index (χ1n) is 7.70. The molecule has 1 N–H and O–H groups in total. The van der Waals surface area contributed by atoms with E-state index in [0.29, 0.717) is 17.0 Å². The number of thioether (sulfide) groups is 1. The van der Waals surface area contributed by atoms with Gasteiger partial charge in [0, 0.05) is 24.5 Å². The summed E-state index contributed by atoms with van der Waals surface area (Å²) in [6, 6.07) is 7.24. The van der Waals surface area contributed by atoms with Crippen LogP contribution in [-0.4, -0.2) is 52.9 Å². The van der Waals surface area contributed by atoms with Gasteiger partial charge in [0.25, 0.3) is 11.1 Å². The van der Waals surface area contributed by atoms with Gasteiger partial charge in [-0.25, -0.2) is 0 Å². The van der Waals surface area contributed by atoms with Gasteiger partial charge >= 0.3 is 0 Å². The first-order valence-corrected chi connectivity index (χ1v) is 8.69. The van der Waals surface area contributed by atoms with Crippen LogP contribution in [0, 0.1) is 6.92 Å². The summed E-state index contributed by atoms with van der Waals surface area (Å²) in [4.78, 5) is 41.1. The Morgan fingerprint density at radius 1 is 1.36 bits per heavy atom. The molecule has 0 radical (unpaired) electrons. The van der Waals surface area contributed by atoms with E-state index in [1.54, 1.807) is 20.1 Å². The quantitative estimate of drug-likeness (QED) is 0.878. The Morgan fingerprint density at radius 3 is 2.84 bits per heavy atom. The van der Waals surface area contributed by atoms with Crippen LogP contribution >= 0.6 is 11.8 Å². The molecule has 0 atom stereocenters. The molecule has 0 aliphatic carbocycles. The molecular weight excluding hydrogens is 342 g/mol. The third-order valence-corrected chi connectivity index (χ3v) is 4.78. The van der Waals surface area contributed by atoms with Crippen molar-refractivity contribution in [3.8, 4) is 5.75 Å². The Kier molecular flexibility index (Phi) is 4.89. The van der Waals surface area contributed by atoms with E-state index < -0.39 is 0 Å². The van der Waals surface area contributed by atoms with Crippen molar-refractivity contribution in [2.45, 2.75) is 6.92 Å². The SMILES string of the molecule is COc1ccc2cc(C(=O)NCCN3C(=O)CSC3=O)c(C)nc2c1. The van der Waals surface area contributed by atoms with Crippen LogP contribution in [0.15, 0.2) is 24.3 Å². The van der Waals surface area contributed by atoms with E-state index in [1.807, 2.05) is 18.2 Å². The number of rotatable bonds is 5. The molecular formula is C17H17N3O4S. The first kappa shape index (κ1) is 17.2. The normalized spacial score (nSPS) is 14.2. The van der Waals surface area contributed by atoms with Crippen molar-refractivity contribution in [2.75, 3.05) is 26.0 Å². The van der Waals surface area contributed by atoms with Crippen LogP contribution in [0.3, 0.4) is 0 Å². The third-order valence-electron chi connectivity index (χ3n) is 3.92. The topological polar surface area (TPSA) is 88.6 Å². The minimum atomic E-state index is -0.283. The molecule has 1 aromatic carbocycles. The number of imide groups is 1. The summed E-state index contributed by atoms with van der Waals surface area (Å²) in [5.74, 6) is 0.370. The summed E-state index contributed by atoms with van der Waals surface area (Å²) in [5, 5.41) is 3.30. The van der Waals surface area contributed by atoms with Crippen molar-refractivity contribution in [1.82, 2.24) is 15.2 Å². The average molecular weight is 359 g/mol. The second kappa shape index (κ2) is 7.10. The predicted octanol–water partition coefficient (Wildman–Crippen LogP) is 1.98. The summed E-state index contributed by atoms with van der Waals surface area (Å²) >= 11 is 0.980. The van der Waals surface area contributed by atoms with Gasteiger partial charge in [-0.05, 0) is 25.1 Å². The molecule has 3 rings (SSSR count). The summed E-state index contributed by atoms with van der Waals surface area (Å²) in [5.41, 5.74) is 1.81. The highest BCUT2D eigenvalue weighted by molar-refractivity contribution is 8.14. The second-order valence-electron chi connectivity index (χ2n) is 5.54. The summed E-state index contributed by atoms with van der Waals surface area (Å²) < 4.78 is 5.18. The van der Waals surface area contributed by atoms with Gasteiger partial charge in [0.1, 0.15) is 5.75 Å². The monoisotopic (exact) mass is 359 g/mol. The van der Waals surface area contributed by atoms with Crippen molar-refractivity contribution in [2.24, 2.45) is 0 Å². The van der Waals surface area contributed by atoms with Crippen LogP contribution in [0.4, 0.5) is 4.79 Å². The van der Waals surface area contributed by atoms with Crippen LogP contribution in [0.2, 0.25) is 0 Å². The maximum Gasteiger partial charge on any atom is 0.288 e. The molecule has 0 saturated carbocycles. The maximum atomic E-state index is 12.4. The molecule has 1 aliphatic heterocycles. The molecule has 3 amide bonds. The van der Waals surface area contributed by atoms with Gasteiger partial charge in [0.15, 0.2) is 0 Å². The van der Waals surface area contributed by atoms with E-state index in [9.17, 15) is 14.4 Å². The number of carbonyl (C=O) groups is 3. The number of hydrogen-bond acceptors (Lipinski definition) is 6. The Labute approximate surface area is 148 Å². The molecule has 2 aromatic rings. The molecule has 1 fully saturated rings. The molecule has 130 valence electrons. The highest BCUT2D eigenvalue weighted by Gasteiger charge is 2.29. The van der Waals surface area contributed by atoms with Gasteiger partial charge in [-0.1, -0.05) is 11.8 Å². The van der Waals surface area contributed by atoms with E-state index in [1.165, 1.54) is 0 Å². The fraction of sp³-hybridized carbons (Fsp3) is 0.294. The largest absolute Gasteiger partial charge is 0.497 e. The van der Waals surface area contributed by atoms with E-state index in [2.05, 4.69) is 10.3 Å². The van der Waals surface area contributed by atoms with Crippen molar-refractivity contribution < 1.29 is 19.1 Å². The van der Waals surface area contributed by atoms with Crippen molar-refractivity contribution in [1.29, 1.82) is 0 Å². The lowest BCUT2D eigenvalue weighted by molar-refractivity contribution is -0.124. The number of amides is 3. The Bertz CT molecular complexity index is 852.